The molecule has 1 aromatic heterocycles. The maximum atomic E-state index is 13.5. The molecule has 1 aliphatic heterocycles. The molecule has 34 heavy (non-hydrogen) atoms. The number of halogens is 1. The number of nitrogens with zero attached hydrogens (tertiary/aromatic N) is 2. The van der Waals surface area contributed by atoms with E-state index in [1.54, 1.807) is 18.2 Å². The monoisotopic (exact) mass is 541 g/mol. The smallest absolute Gasteiger partial charge is 0.274 e. The molecule has 2 heterocycles. The highest BCUT2D eigenvalue weighted by molar-refractivity contribution is 9.11. The van der Waals surface area contributed by atoms with E-state index in [0.29, 0.717) is 53.0 Å². The highest BCUT2D eigenvalue weighted by atomic mass is 79.9. The molecule has 1 saturated carbocycles. The van der Waals surface area contributed by atoms with Crippen molar-refractivity contribution in [3.8, 4) is 21.9 Å². The molecular weight excluding hydrogens is 518 g/mol. The van der Waals surface area contributed by atoms with E-state index in [-0.39, 0.29) is 17.9 Å². The van der Waals surface area contributed by atoms with Crippen LogP contribution >= 0.6 is 27.3 Å². The van der Waals surface area contributed by atoms with E-state index in [1.165, 1.54) is 11.3 Å². The van der Waals surface area contributed by atoms with Gasteiger partial charge < -0.3 is 19.7 Å². The number of hydrogen-bond donors (Lipinski definition) is 1. The standard InChI is InChI=1S/C25H24BrN3O4S/c1-15-5-7-16(8-6-15)22-20(28-25(26)34-22)24(31)29(17-9-10-17)12-11-27-23(30)18-3-2-4-19-21(18)33-14-13-32-19/h2-8,17H,9-14H2,1H3,(H,27,30). The van der Waals surface area contributed by atoms with Gasteiger partial charge in [-0.2, -0.15) is 0 Å². The lowest BCUT2D eigenvalue weighted by Gasteiger charge is -2.23. The van der Waals surface area contributed by atoms with E-state index in [0.717, 1.165) is 28.8 Å². The summed E-state index contributed by atoms with van der Waals surface area (Å²) in [5, 5.41) is 2.93. The Morgan fingerprint density at radius 3 is 2.68 bits per heavy atom. The molecule has 1 N–H and O–H groups in total. The number of nitrogens with one attached hydrogen (secondary N) is 1. The number of amides is 2. The Morgan fingerprint density at radius 2 is 1.91 bits per heavy atom. The first-order chi connectivity index (χ1) is 16.5. The number of carbonyl (C=O) groups excluding carboxylic acids is 2. The van der Waals surface area contributed by atoms with Crippen LogP contribution in [-0.4, -0.2) is 54.0 Å². The Bertz CT molecular complexity index is 1220. The predicted octanol–water partition coefficient (Wildman–Crippen LogP) is 4.69. The average molecular weight is 542 g/mol. The Hall–Kier alpha value is -2.91. The van der Waals surface area contributed by atoms with Gasteiger partial charge in [-0.3, -0.25) is 9.59 Å². The van der Waals surface area contributed by atoms with Gasteiger partial charge in [-0.1, -0.05) is 35.9 Å². The summed E-state index contributed by atoms with van der Waals surface area (Å²) in [4.78, 5) is 33.5. The fourth-order valence-electron chi connectivity index (χ4n) is 3.95. The summed E-state index contributed by atoms with van der Waals surface area (Å²) < 4.78 is 11.9. The summed E-state index contributed by atoms with van der Waals surface area (Å²) in [6.07, 6.45) is 1.92. The molecule has 5 rings (SSSR count). The Balaban J connectivity index is 1.29. The number of aryl methyl sites for hydroxylation is 1. The van der Waals surface area contributed by atoms with Gasteiger partial charge >= 0.3 is 0 Å². The second-order valence-corrected chi connectivity index (χ2v) is 10.6. The molecule has 0 saturated heterocycles. The van der Waals surface area contributed by atoms with Gasteiger partial charge in [-0.05, 0) is 53.4 Å². The van der Waals surface area contributed by atoms with Crippen molar-refractivity contribution in [1.29, 1.82) is 0 Å². The van der Waals surface area contributed by atoms with Crippen LogP contribution in [0, 0.1) is 6.92 Å². The van der Waals surface area contributed by atoms with E-state index in [4.69, 9.17) is 9.47 Å². The highest BCUT2D eigenvalue weighted by Crippen LogP contribution is 2.36. The normalized spacial score (nSPS) is 14.5. The van der Waals surface area contributed by atoms with Crippen LogP contribution < -0.4 is 14.8 Å². The second-order valence-electron chi connectivity index (χ2n) is 8.33. The fourth-order valence-corrected chi connectivity index (χ4v) is 5.40. The first-order valence-electron chi connectivity index (χ1n) is 11.2. The molecule has 7 nitrogen and oxygen atoms in total. The number of carbonyl (C=O) groups is 2. The van der Waals surface area contributed by atoms with E-state index in [1.807, 2.05) is 36.1 Å². The third-order valence-corrected chi connectivity index (χ3v) is 7.37. The zero-order chi connectivity index (χ0) is 23.7. The van der Waals surface area contributed by atoms with Gasteiger partial charge in [0.05, 0.1) is 10.4 Å². The molecular formula is C25H24BrN3O4S. The SMILES string of the molecule is Cc1ccc(-c2sc(Br)nc2C(=O)N(CCNC(=O)c2cccc3c2OCCO3)C2CC2)cc1. The molecule has 1 fully saturated rings. The van der Waals surface area contributed by atoms with E-state index < -0.39 is 0 Å². The number of para-hydroxylation sites is 1. The summed E-state index contributed by atoms with van der Waals surface area (Å²) in [5.41, 5.74) is 3.01. The van der Waals surface area contributed by atoms with Crippen molar-refractivity contribution in [3.05, 3.63) is 63.2 Å². The number of fused-ring (bicyclic) bond motifs is 1. The van der Waals surface area contributed by atoms with Crippen LogP contribution in [0.3, 0.4) is 0 Å². The third kappa shape index (κ3) is 4.81. The van der Waals surface area contributed by atoms with Crippen molar-refractivity contribution in [2.24, 2.45) is 0 Å². The number of benzene rings is 2. The lowest BCUT2D eigenvalue weighted by Crippen LogP contribution is -2.40. The van der Waals surface area contributed by atoms with Crippen LogP contribution in [0.25, 0.3) is 10.4 Å². The lowest BCUT2D eigenvalue weighted by atomic mass is 10.1. The zero-order valence-corrected chi connectivity index (χ0v) is 21.1. The van der Waals surface area contributed by atoms with Gasteiger partial charge in [0.25, 0.3) is 11.8 Å². The number of thiazole rings is 1. The zero-order valence-electron chi connectivity index (χ0n) is 18.7. The number of rotatable bonds is 7. The largest absolute Gasteiger partial charge is 0.486 e. The maximum absolute atomic E-state index is 13.5. The average Bonchev–Trinajstić information content (AvgIpc) is 3.62. The highest BCUT2D eigenvalue weighted by Gasteiger charge is 2.35. The van der Waals surface area contributed by atoms with Gasteiger partial charge in [-0.15, -0.1) is 11.3 Å². The molecule has 0 atom stereocenters. The van der Waals surface area contributed by atoms with Crippen LogP contribution in [-0.2, 0) is 0 Å². The predicted molar refractivity (Wildman–Crippen MR) is 134 cm³/mol. The fraction of sp³-hybridized carbons (Fsp3) is 0.320. The molecule has 2 amide bonds. The number of hydrogen-bond acceptors (Lipinski definition) is 6. The molecule has 0 radical (unpaired) electrons. The Kier molecular flexibility index (Phi) is 6.56. The van der Waals surface area contributed by atoms with Crippen LogP contribution in [0.15, 0.2) is 46.4 Å². The maximum Gasteiger partial charge on any atom is 0.274 e. The van der Waals surface area contributed by atoms with E-state index >= 15 is 0 Å². The van der Waals surface area contributed by atoms with Gasteiger partial charge in [-0.25, -0.2) is 4.98 Å². The van der Waals surface area contributed by atoms with Crippen molar-refractivity contribution in [1.82, 2.24) is 15.2 Å². The number of ether oxygens (including phenoxy) is 2. The van der Waals surface area contributed by atoms with Crippen LogP contribution in [0.2, 0.25) is 0 Å². The minimum absolute atomic E-state index is 0.108. The molecule has 0 unspecified atom stereocenters. The number of aromatic nitrogens is 1. The molecule has 3 aromatic rings. The molecule has 0 bridgehead atoms. The van der Waals surface area contributed by atoms with Crippen molar-refractivity contribution in [2.75, 3.05) is 26.3 Å². The summed E-state index contributed by atoms with van der Waals surface area (Å²) in [6.45, 7) is 3.65. The van der Waals surface area contributed by atoms with Crippen molar-refractivity contribution < 1.29 is 19.1 Å². The quantitative estimate of drug-likeness (QED) is 0.469. The van der Waals surface area contributed by atoms with E-state index in [2.05, 4.69) is 26.2 Å². The van der Waals surface area contributed by atoms with Gasteiger partial charge in [0, 0.05) is 19.1 Å². The summed E-state index contributed by atoms with van der Waals surface area (Å²) in [6, 6.07) is 13.5. The van der Waals surface area contributed by atoms with Crippen molar-refractivity contribution >= 4 is 39.1 Å². The molecule has 2 aromatic carbocycles. The van der Waals surface area contributed by atoms with E-state index in [9.17, 15) is 9.59 Å². The summed E-state index contributed by atoms with van der Waals surface area (Å²) >= 11 is 4.90. The van der Waals surface area contributed by atoms with Crippen molar-refractivity contribution in [2.45, 2.75) is 25.8 Å². The molecule has 176 valence electrons. The lowest BCUT2D eigenvalue weighted by molar-refractivity contribution is 0.0731. The minimum Gasteiger partial charge on any atom is -0.486 e. The third-order valence-electron chi connectivity index (χ3n) is 5.81. The van der Waals surface area contributed by atoms with Crippen LogP contribution in [0.5, 0.6) is 11.5 Å². The van der Waals surface area contributed by atoms with Crippen LogP contribution in [0.4, 0.5) is 0 Å². The van der Waals surface area contributed by atoms with Gasteiger partial charge in [0.1, 0.15) is 18.9 Å². The topological polar surface area (TPSA) is 80.8 Å². The second kappa shape index (κ2) is 9.76. The van der Waals surface area contributed by atoms with Crippen LogP contribution in [0.1, 0.15) is 39.3 Å². The molecule has 2 aliphatic rings. The first-order valence-corrected chi connectivity index (χ1v) is 12.8. The van der Waals surface area contributed by atoms with Gasteiger partial charge in [0.2, 0.25) is 0 Å². The van der Waals surface area contributed by atoms with Gasteiger partial charge in [0.15, 0.2) is 15.4 Å². The first kappa shape index (κ1) is 22.9. The molecule has 1 aliphatic carbocycles. The Labute approximate surface area is 210 Å². The summed E-state index contributed by atoms with van der Waals surface area (Å²) in [5.74, 6) is 0.688. The molecule has 9 heteroatoms. The van der Waals surface area contributed by atoms with Crippen molar-refractivity contribution in [3.63, 3.8) is 0 Å². The Morgan fingerprint density at radius 1 is 1.15 bits per heavy atom. The molecule has 0 spiro atoms. The minimum atomic E-state index is -0.248. The summed E-state index contributed by atoms with van der Waals surface area (Å²) in [7, 11) is 0.